The summed E-state index contributed by atoms with van der Waals surface area (Å²) in [7, 11) is -1.80. The number of hydrogen-bond donors (Lipinski definition) is 2. The first-order valence-electron chi connectivity index (χ1n) is 11.3. The van der Waals surface area contributed by atoms with Gasteiger partial charge in [0.2, 0.25) is 0 Å². The van der Waals surface area contributed by atoms with Crippen LogP contribution in [0.2, 0.25) is 0 Å². The molecule has 3 heterocycles. The van der Waals surface area contributed by atoms with E-state index in [9.17, 15) is 9.18 Å². The van der Waals surface area contributed by atoms with Gasteiger partial charge in [-0.15, -0.1) is 6.42 Å². The molecule has 1 aliphatic heterocycles. The second-order valence-corrected chi connectivity index (χ2v) is 10.6. The molecule has 0 saturated carbocycles. The van der Waals surface area contributed by atoms with E-state index < -0.39 is 32.4 Å². The molecule has 14 heteroatoms. The average Bonchev–Trinajstić information content (AvgIpc) is 3.46. The Morgan fingerprint density at radius 3 is 2.89 bits per heavy atom. The van der Waals surface area contributed by atoms with Crippen LogP contribution in [0.1, 0.15) is 32.9 Å². The number of ether oxygens (including phenoxy) is 2. The molecule has 3 aromatic rings. The lowest BCUT2D eigenvalue weighted by molar-refractivity contribution is -0.145. The first-order chi connectivity index (χ1) is 17.7. The van der Waals surface area contributed by atoms with Gasteiger partial charge in [-0.1, -0.05) is 21.9 Å². The molecule has 0 spiro atoms. The average molecular weight is 595 g/mol. The smallest absolute Gasteiger partial charge is 0.320 e. The Kier molecular flexibility index (Phi) is 8.56. The fourth-order valence-corrected chi connectivity index (χ4v) is 4.97. The third kappa shape index (κ3) is 6.71. The number of nitrogens with one attached hydrogen (secondary N) is 1. The lowest BCUT2D eigenvalue weighted by Gasteiger charge is -2.26. The number of hydrogen-bond acceptors (Lipinski definition) is 10. The molecule has 37 heavy (non-hydrogen) atoms. The van der Waals surface area contributed by atoms with Gasteiger partial charge in [-0.05, 0) is 51.0 Å². The molecule has 1 saturated heterocycles. The van der Waals surface area contributed by atoms with Crippen LogP contribution in [-0.2, 0) is 18.8 Å². The van der Waals surface area contributed by atoms with Gasteiger partial charge in [0.1, 0.15) is 18.5 Å². The summed E-state index contributed by atoms with van der Waals surface area (Å²) in [5, 5.41) is 2.95. The quantitative estimate of drug-likeness (QED) is 0.154. The van der Waals surface area contributed by atoms with Crippen molar-refractivity contribution in [3.05, 3.63) is 41.1 Å². The number of nitrogens with zero attached hydrogens (tertiary/aromatic N) is 4. The molecule has 3 atom stereocenters. The third-order valence-electron chi connectivity index (χ3n) is 5.29. The van der Waals surface area contributed by atoms with Crippen molar-refractivity contribution < 1.29 is 27.7 Å². The predicted octanol–water partition coefficient (Wildman–Crippen LogP) is 3.85. The minimum Gasteiger partial charge on any atom is -0.462 e. The van der Waals surface area contributed by atoms with E-state index in [4.69, 9.17) is 30.7 Å². The molecule has 4 rings (SSSR count). The molecule has 1 aliphatic rings. The highest BCUT2D eigenvalue weighted by Crippen LogP contribution is 2.42. The lowest BCUT2D eigenvalue weighted by atomic mass is 10.0. The topological polar surface area (TPSA) is 136 Å². The fraction of sp³-hybridized carbons (Fsp3) is 0.391. The van der Waals surface area contributed by atoms with Crippen molar-refractivity contribution in [1.29, 1.82) is 0 Å². The van der Waals surface area contributed by atoms with Gasteiger partial charge in [0.15, 0.2) is 22.6 Å². The van der Waals surface area contributed by atoms with E-state index >= 15 is 0 Å². The van der Waals surface area contributed by atoms with E-state index in [2.05, 4.69) is 41.9 Å². The molecular weight excluding hydrogens is 570 g/mol. The van der Waals surface area contributed by atoms with Crippen LogP contribution in [0.4, 0.5) is 10.2 Å². The number of imidazole rings is 1. The molecule has 0 aliphatic carbocycles. The molecule has 1 aromatic carbocycles. The van der Waals surface area contributed by atoms with Gasteiger partial charge in [0.25, 0.3) is 0 Å². The first-order valence-corrected chi connectivity index (χ1v) is 13.3. The largest absolute Gasteiger partial charge is 0.462 e. The van der Waals surface area contributed by atoms with Gasteiger partial charge in [-0.25, -0.2) is 10.1 Å². The number of esters is 1. The van der Waals surface area contributed by atoms with E-state index in [1.54, 1.807) is 30.5 Å². The lowest BCUT2D eigenvalue weighted by Crippen LogP contribution is -2.34. The van der Waals surface area contributed by atoms with Gasteiger partial charge in [-0.2, -0.15) is 14.4 Å². The number of carbonyl (C=O) groups is 1. The molecule has 0 bridgehead atoms. The second-order valence-electron chi connectivity index (χ2n) is 8.40. The summed E-state index contributed by atoms with van der Waals surface area (Å²) in [4.78, 5) is 23.5. The highest BCUT2D eigenvalue weighted by molar-refractivity contribution is 9.10. The van der Waals surface area contributed by atoms with Crippen LogP contribution >= 0.6 is 24.5 Å². The summed E-state index contributed by atoms with van der Waals surface area (Å²) < 4.78 is 39.6. The molecular formula is C23H25BrFN6O5P. The molecule has 2 aromatic heterocycles. The summed E-state index contributed by atoms with van der Waals surface area (Å²) in [6.45, 7) is 3.36. The normalized spacial score (nSPS) is 20.2. The number of halogens is 2. The van der Waals surface area contributed by atoms with Gasteiger partial charge in [0.05, 0.1) is 19.0 Å². The summed E-state index contributed by atoms with van der Waals surface area (Å²) >= 11 is 3.38. The van der Waals surface area contributed by atoms with Crippen LogP contribution in [0.25, 0.3) is 11.2 Å². The molecule has 3 unspecified atom stereocenters. The Balaban J connectivity index is 1.46. The van der Waals surface area contributed by atoms with E-state index in [0.29, 0.717) is 18.6 Å². The molecule has 0 amide bonds. The van der Waals surface area contributed by atoms with Gasteiger partial charge >= 0.3 is 20.6 Å². The van der Waals surface area contributed by atoms with Gasteiger partial charge in [-0.3, -0.25) is 9.36 Å². The molecule has 0 radical (unpaired) electrons. The predicted molar refractivity (Wildman–Crippen MR) is 137 cm³/mol. The minimum absolute atomic E-state index is 0.0351. The van der Waals surface area contributed by atoms with Crippen LogP contribution in [-0.4, -0.2) is 50.3 Å². The molecule has 196 valence electrons. The minimum atomic E-state index is -1.80. The highest BCUT2D eigenvalue weighted by atomic mass is 79.9. The number of aromatic nitrogens is 4. The van der Waals surface area contributed by atoms with Crippen LogP contribution in [0.5, 0.6) is 5.75 Å². The first kappa shape index (κ1) is 27.2. The van der Waals surface area contributed by atoms with E-state index in [-0.39, 0.29) is 36.2 Å². The van der Waals surface area contributed by atoms with E-state index in [1.165, 1.54) is 6.33 Å². The number of fused-ring (bicyclic) bond motifs is 1. The number of nitrogens with two attached hydrogens (primary N) is 1. The summed E-state index contributed by atoms with van der Waals surface area (Å²) in [6.07, 6.45) is 6.45. The maximum absolute atomic E-state index is 13.8. The van der Waals surface area contributed by atoms with Crippen LogP contribution in [0.3, 0.4) is 0 Å². The fourth-order valence-electron chi connectivity index (χ4n) is 3.60. The van der Waals surface area contributed by atoms with Crippen molar-refractivity contribution in [2.24, 2.45) is 0 Å². The monoisotopic (exact) mass is 594 g/mol. The Morgan fingerprint density at radius 1 is 1.43 bits per heavy atom. The summed E-state index contributed by atoms with van der Waals surface area (Å²) in [6, 6.07) is 7.15. The molecule has 1 fully saturated rings. The molecule has 3 N–H and O–H groups in total. The summed E-state index contributed by atoms with van der Waals surface area (Å²) in [5.41, 5.74) is 5.12. The SMILES string of the molecule is C#CC1(COP(NCC(=O)OC(C)C)Oc2ccc(Br)cc2)CCC(n2cnc3c(N)nc(F)nc32)O1. The maximum Gasteiger partial charge on any atom is 0.320 e. The Hall–Kier alpha value is -2.88. The van der Waals surface area contributed by atoms with Crippen LogP contribution < -0.4 is 15.3 Å². The van der Waals surface area contributed by atoms with Crippen molar-refractivity contribution in [1.82, 2.24) is 24.6 Å². The Bertz CT molecular complexity index is 1300. The van der Waals surface area contributed by atoms with E-state index in [0.717, 1.165) is 4.47 Å². The zero-order chi connectivity index (χ0) is 26.6. The standard InChI is InChI=1S/C23H25BrFN6O5P/c1-4-23(10-9-17(35-23)31-13-27-19-20(26)29-22(25)30-21(19)31)12-33-37(28-11-18(32)34-14(2)3)36-16-7-5-15(24)6-8-16/h1,5-8,13-14,17,28H,9-12H2,2-3H3,(H2,26,29,30). The second kappa shape index (κ2) is 11.7. The highest BCUT2D eigenvalue weighted by Gasteiger charge is 2.41. The third-order valence-corrected chi connectivity index (χ3v) is 6.97. The zero-order valence-electron chi connectivity index (χ0n) is 20.1. The molecule has 11 nitrogen and oxygen atoms in total. The van der Waals surface area contributed by atoms with Crippen molar-refractivity contribution in [2.75, 3.05) is 18.9 Å². The Morgan fingerprint density at radius 2 is 2.19 bits per heavy atom. The Labute approximate surface area is 222 Å². The van der Waals surface area contributed by atoms with Crippen LogP contribution in [0.15, 0.2) is 35.1 Å². The number of benzene rings is 1. The number of anilines is 1. The maximum atomic E-state index is 13.8. The van der Waals surface area contributed by atoms with Crippen molar-refractivity contribution in [3.63, 3.8) is 0 Å². The zero-order valence-corrected chi connectivity index (χ0v) is 22.5. The van der Waals surface area contributed by atoms with E-state index in [1.807, 2.05) is 12.1 Å². The number of rotatable bonds is 10. The van der Waals surface area contributed by atoms with Crippen molar-refractivity contribution in [2.45, 2.75) is 44.6 Å². The van der Waals surface area contributed by atoms with Crippen LogP contribution in [0, 0.1) is 18.4 Å². The summed E-state index contributed by atoms with van der Waals surface area (Å²) in [5.74, 6) is 2.69. The van der Waals surface area contributed by atoms with Crippen molar-refractivity contribution in [3.8, 4) is 18.1 Å². The number of nitrogen functional groups attached to an aromatic ring is 1. The number of carbonyl (C=O) groups excluding carboxylic acids is 1. The van der Waals surface area contributed by atoms with Crippen molar-refractivity contribution >= 4 is 47.4 Å². The number of terminal acetylenes is 1. The van der Waals surface area contributed by atoms with Gasteiger partial charge in [0, 0.05) is 4.47 Å². The van der Waals surface area contributed by atoms with Gasteiger partial charge < -0.3 is 24.3 Å².